The fourth-order valence-electron chi connectivity index (χ4n) is 4.70. The SMILES string of the molecule is CC(C)O[C@H]1CCC(C(=O)N2Cc3cccnc3Nc3ccc(C4=CCOCC4)cc32)OC1. The van der Waals surface area contributed by atoms with E-state index in [0.29, 0.717) is 32.8 Å². The molecule has 0 saturated carbocycles. The highest BCUT2D eigenvalue weighted by Crippen LogP contribution is 2.38. The normalized spacial score (nSPS) is 22.6. The Morgan fingerprint density at radius 2 is 2.18 bits per heavy atom. The van der Waals surface area contributed by atoms with E-state index < -0.39 is 6.10 Å². The van der Waals surface area contributed by atoms with Gasteiger partial charge < -0.3 is 24.4 Å². The summed E-state index contributed by atoms with van der Waals surface area (Å²) in [5, 5.41) is 3.44. The van der Waals surface area contributed by atoms with Gasteiger partial charge in [0.2, 0.25) is 0 Å². The van der Waals surface area contributed by atoms with Gasteiger partial charge in [-0.1, -0.05) is 18.2 Å². The summed E-state index contributed by atoms with van der Waals surface area (Å²) in [5.74, 6) is 0.762. The minimum atomic E-state index is -0.478. The lowest BCUT2D eigenvalue weighted by Gasteiger charge is -2.33. The van der Waals surface area contributed by atoms with Crippen molar-refractivity contribution in [2.45, 2.75) is 58.0 Å². The zero-order valence-electron chi connectivity index (χ0n) is 19.3. The summed E-state index contributed by atoms with van der Waals surface area (Å²) in [7, 11) is 0. The van der Waals surface area contributed by atoms with Gasteiger partial charge in [-0.15, -0.1) is 0 Å². The molecule has 0 radical (unpaired) electrons. The van der Waals surface area contributed by atoms with Crippen LogP contribution in [0.25, 0.3) is 5.57 Å². The molecule has 1 N–H and O–H groups in total. The average molecular weight is 450 g/mol. The van der Waals surface area contributed by atoms with Gasteiger partial charge >= 0.3 is 0 Å². The van der Waals surface area contributed by atoms with Crippen LogP contribution in [0.3, 0.4) is 0 Å². The first-order valence-corrected chi connectivity index (χ1v) is 11.8. The molecule has 1 amide bonds. The number of anilines is 3. The molecule has 3 aliphatic heterocycles. The van der Waals surface area contributed by atoms with Gasteiger partial charge in [0.1, 0.15) is 11.9 Å². The summed E-state index contributed by atoms with van der Waals surface area (Å²) >= 11 is 0. The van der Waals surface area contributed by atoms with Crippen LogP contribution in [0.2, 0.25) is 0 Å². The minimum Gasteiger partial charge on any atom is -0.377 e. The second-order valence-corrected chi connectivity index (χ2v) is 9.05. The van der Waals surface area contributed by atoms with Gasteiger partial charge in [-0.3, -0.25) is 4.79 Å². The number of ether oxygens (including phenoxy) is 3. The summed E-state index contributed by atoms with van der Waals surface area (Å²) in [5.41, 5.74) is 5.07. The molecule has 0 bridgehead atoms. The number of carbonyl (C=O) groups is 1. The molecule has 7 nitrogen and oxygen atoms in total. The van der Waals surface area contributed by atoms with Gasteiger partial charge in [-0.25, -0.2) is 4.98 Å². The highest BCUT2D eigenvalue weighted by molar-refractivity contribution is 6.01. The number of benzene rings is 1. The van der Waals surface area contributed by atoms with Crippen molar-refractivity contribution < 1.29 is 19.0 Å². The van der Waals surface area contributed by atoms with Crippen LogP contribution in [0, 0.1) is 0 Å². The van der Waals surface area contributed by atoms with Crippen LogP contribution in [0.15, 0.2) is 42.6 Å². The van der Waals surface area contributed by atoms with Crippen LogP contribution in [0.4, 0.5) is 17.2 Å². The Morgan fingerprint density at radius 1 is 1.27 bits per heavy atom. The molecule has 174 valence electrons. The first-order valence-electron chi connectivity index (χ1n) is 11.8. The van der Waals surface area contributed by atoms with Crippen molar-refractivity contribution in [1.82, 2.24) is 4.98 Å². The summed E-state index contributed by atoms with van der Waals surface area (Å²) in [4.78, 5) is 20.1. The molecule has 7 heteroatoms. The van der Waals surface area contributed by atoms with Crippen molar-refractivity contribution in [2.75, 3.05) is 30.0 Å². The van der Waals surface area contributed by atoms with E-state index >= 15 is 0 Å². The standard InChI is InChI=1S/C26H31N3O4/c1-17(2)33-21-6-8-24(32-16-21)26(30)29-15-20-4-3-11-27-25(20)28-22-7-5-19(14-23(22)29)18-9-12-31-13-10-18/h3-5,7,9,11,14,17,21,24H,6,8,10,12-13,15-16H2,1-2H3,(H,27,28)/t21-,24?/m0/s1. The molecule has 0 spiro atoms. The molecule has 3 aliphatic rings. The third-order valence-corrected chi connectivity index (χ3v) is 6.34. The number of carbonyl (C=O) groups excluding carboxylic acids is 1. The van der Waals surface area contributed by atoms with Crippen LogP contribution in [0.1, 0.15) is 44.2 Å². The van der Waals surface area contributed by atoms with Crippen LogP contribution in [-0.4, -0.2) is 49.0 Å². The summed E-state index contributed by atoms with van der Waals surface area (Å²) < 4.78 is 17.4. The zero-order valence-corrected chi connectivity index (χ0v) is 19.3. The predicted octanol–water partition coefficient (Wildman–Crippen LogP) is 4.45. The first kappa shape index (κ1) is 22.1. The lowest BCUT2D eigenvalue weighted by molar-refractivity contribution is -0.143. The Bertz CT molecular complexity index is 1040. The lowest BCUT2D eigenvalue weighted by Crippen LogP contribution is -2.44. The number of hydrogen-bond donors (Lipinski definition) is 1. The quantitative estimate of drug-likeness (QED) is 0.744. The van der Waals surface area contributed by atoms with Gasteiger partial charge in [-0.05, 0) is 62.4 Å². The fraction of sp³-hybridized carbons (Fsp3) is 0.462. The molecular formula is C26H31N3O4. The zero-order chi connectivity index (χ0) is 22.8. The third kappa shape index (κ3) is 4.81. The van der Waals surface area contributed by atoms with Gasteiger partial charge in [0.15, 0.2) is 0 Å². The molecule has 4 heterocycles. The Hall–Kier alpha value is -2.74. The molecule has 1 saturated heterocycles. The predicted molar refractivity (Wildman–Crippen MR) is 128 cm³/mol. The summed E-state index contributed by atoms with van der Waals surface area (Å²) in [6.45, 7) is 6.27. The number of rotatable bonds is 4. The average Bonchev–Trinajstić information content (AvgIpc) is 3.00. The number of nitrogens with zero attached hydrogens (tertiary/aromatic N) is 2. The van der Waals surface area contributed by atoms with E-state index in [0.717, 1.165) is 41.2 Å². The van der Waals surface area contributed by atoms with Gasteiger partial charge in [0, 0.05) is 11.8 Å². The number of nitrogens with one attached hydrogen (secondary N) is 1. The van der Waals surface area contributed by atoms with Crippen molar-refractivity contribution in [3.05, 3.63) is 53.7 Å². The molecule has 5 rings (SSSR count). The monoisotopic (exact) mass is 449 g/mol. The maximum absolute atomic E-state index is 13.8. The second kappa shape index (κ2) is 9.63. The Kier molecular flexibility index (Phi) is 6.44. The minimum absolute atomic E-state index is 0.0177. The van der Waals surface area contributed by atoms with E-state index in [9.17, 15) is 4.79 Å². The van der Waals surface area contributed by atoms with Crippen molar-refractivity contribution in [3.8, 4) is 0 Å². The van der Waals surface area contributed by atoms with Gasteiger partial charge in [-0.2, -0.15) is 0 Å². The number of amides is 1. The molecule has 1 aromatic carbocycles. The van der Waals surface area contributed by atoms with Crippen molar-refractivity contribution in [2.24, 2.45) is 0 Å². The van der Waals surface area contributed by atoms with E-state index in [1.54, 1.807) is 6.20 Å². The second-order valence-electron chi connectivity index (χ2n) is 9.05. The van der Waals surface area contributed by atoms with Crippen LogP contribution in [0.5, 0.6) is 0 Å². The number of fused-ring (bicyclic) bond motifs is 2. The van der Waals surface area contributed by atoms with E-state index in [2.05, 4.69) is 28.5 Å². The van der Waals surface area contributed by atoms with Crippen molar-refractivity contribution in [1.29, 1.82) is 0 Å². The molecule has 0 aliphatic carbocycles. The summed E-state index contributed by atoms with van der Waals surface area (Å²) in [6.07, 6.45) is 5.94. The van der Waals surface area contributed by atoms with E-state index in [-0.39, 0.29) is 18.1 Å². The van der Waals surface area contributed by atoms with Gasteiger partial charge in [0.25, 0.3) is 5.91 Å². The van der Waals surface area contributed by atoms with Crippen molar-refractivity contribution >= 4 is 28.7 Å². The van der Waals surface area contributed by atoms with E-state index in [1.807, 2.05) is 36.9 Å². The van der Waals surface area contributed by atoms with Gasteiger partial charge in [0.05, 0.1) is 49.9 Å². The topological polar surface area (TPSA) is 72.9 Å². The number of aromatic nitrogens is 1. The maximum atomic E-state index is 13.8. The molecule has 2 atom stereocenters. The first-order chi connectivity index (χ1) is 16.1. The molecule has 1 aromatic heterocycles. The molecule has 1 fully saturated rings. The van der Waals surface area contributed by atoms with E-state index in [1.165, 1.54) is 5.57 Å². The molecular weight excluding hydrogens is 418 g/mol. The fourth-order valence-corrected chi connectivity index (χ4v) is 4.70. The molecule has 33 heavy (non-hydrogen) atoms. The Balaban J connectivity index is 1.45. The number of pyridine rings is 1. The van der Waals surface area contributed by atoms with Crippen LogP contribution < -0.4 is 10.2 Å². The Labute approximate surface area is 194 Å². The highest BCUT2D eigenvalue weighted by atomic mass is 16.5. The van der Waals surface area contributed by atoms with Crippen LogP contribution in [-0.2, 0) is 25.5 Å². The lowest BCUT2D eigenvalue weighted by atomic mass is 9.99. The molecule has 1 unspecified atom stereocenters. The Morgan fingerprint density at radius 3 is 2.94 bits per heavy atom. The highest BCUT2D eigenvalue weighted by Gasteiger charge is 2.34. The number of hydrogen-bond acceptors (Lipinski definition) is 6. The summed E-state index contributed by atoms with van der Waals surface area (Å²) in [6, 6.07) is 10.2. The van der Waals surface area contributed by atoms with Crippen molar-refractivity contribution in [3.63, 3.8) is 0 Å². The maximum Gasteiger partial charge on any atom is 0.256 e. The van der Waals surface area contributed by atoms with Crippen LogP contribution >= 0.6 is 0 Å². The third-order valence-electron chi connectivity index (χ3n) is 6.34. The van der Waals surface area contributed by atoms with E-state index in [4.69, 9.17) is 14.2 Å². The smallest absolute Gasteiger partial charge is 0.256 e. The largest absolute Gasteiger partial charge is 0.377 e. The molecule has 2 aromatic rings.